The number of rotatable bonds is 7. The second-order valence-corrected chi connectivity index (χ2v) is 10.00. The highest BCUT2D eigenvalue weighted by Crippen LogP contribution is 2.37. The number of anilines is 1. The molecule has 1 aliphatic rings. The van der Waals surface area contributed by atoms with Crippen molar-refractivity contribution in [1.29, 1.82) is 5.26 Å². The van der Waals surface area contributed by atoms with Crippen molar-refractivity contribution < 1.29 is 4.79 Å². The summed E-state index contributed by atoms with van der Waals surface area (Å²) in [6.45, 7) is 2.60. The Hall–Kier alpha value is -3.43. The lowest BCUT2D eigenvalue weighted by Gasteiger charge is -2.26. The van der Waals surface area contributed by atoms with Crippen molar-refractivity contribution in [3.05, 3.63) is 124 Å². The van der Waals surface area contributed by atoms with Crippen LogP contribution in [0.4, 0.5) is 5.00 Å². The van der Waals surface area contributed by atoms with Gasteiger partial charge in [-0.05, 0) is 28.7 Å². The summed E-state index contributed by atoms with van der Waals surface area (Å²) in [6, 6.07) is 33.1. The third-order valence-electron chi connectivity index (χ3n) is 6.54. The highest BCUT2D eigenvalue weighted by Gasteiger charge is 2.26. The lowest BCUT2D eigenvalue weighted by Crippen LogP contribution is -2.29. The van der Waals surface area contributed by atoms with Crippen molar-refractivity contribution in [2.24, 2.45) is 0 Å². The number of nitrogens with zero attached hydrogens (tertiary/aromatic N) is 2. The third-order valence-corrected chi connectivity index (χ3v) is 7.68. The summed E-state index contributed by atoms with van der Waals surface area (Å²) in [7, 11) is 0. The molecule has 3 aromatic carbocycles. The zero-order valence-electron chi connectivity index (χ0n) is 19.9. The molecule has 4 nitrogen and oxygen atoms in total. The second kappa shape index (κ2) is 12.0. The molecule has 2 heterocycles. The molecule has 0 saturated carbocycles. The van der Waals surface area contributed by atoms with E-state index in [-0.39, 0.29) is 24.2 Å². The van der Waals surface area contributed by atoms with Crippen LogP contribution >= 0.6 is 23.7 Å². The van der Waals surface area contributed by atoms with E-state index in [0.717, 1.165) is 42.7 Å². The standard InChI is InChI=1S/C30H27N3OS.ClH/c31-19-27-25-16-17-33(20-22-10-4-1-5-11-22)21-28(25)35-30(27)32-29(34)18-26(23-12-6-2-7-13-23)24-14-8-3-9-15-24;/h1-15,26H,16-18,20-21H2,(H,32,34);1H. The number of carbonyl (C=O) groups excluding carboxylic acids is 1. The molecule has 0 radical (unpaired) electrons. The number of nitriles is 1. The van der Waals surface area contributed by atoms with E-state index in [9.17, 15) is 10.1 Å². The Kier molecular flexibility index (Phi) is 8.56. The van der Waals surface area contributed by atoms with Crippen LogP contribution in [0.3, 0.4) is 0 Å². The molecule has 0 saturated heterocycles. The Morgan fingerprint density at radius 2 is 1.53 bits per heavy atom. The molecule has 0 fully saturated rings. The van der Waals surface area contributed by atoms with Crippen molar-refractivity contribution >= 4 is 34.7 Å². The molecule has 1 aromatic heterocycles. The maximum atomic E-state index is 13.2. The summed E-state index contributed by atoms with van der Waals surface area (Å²) in [5.41, 5.74) is 5.23. The van der Waals surface area contributed by atoms with E-state index in [1.807, 2.05) is 42.5 Å². The third kappa shape index (κ3) is 5.85. The molecule has 1 amide bonds. The fourth-order valence-electron chi connectivity index (χ4n) is 4.80. The number of carbonyl (C=O) groups is 1. The van der Waals surface area contributed by atoms with Gasteiger partial charge < -0.3 is 5.32 Å². The Bertz CT molecular complexity index is 1290. The average Bonchev–Trinajstić information content (AvgIpc) is 3.24. The predicted octanol–water partition coefficient (Wildman–Crippen LogP) is 6.76. The maximum Gasteiger partial charge on any atom is 0.225 e. The van der Waals surface area contributed by atoms with E-state index in [0.29, 0.717) is 17.0 Å². The first-order valence-corrected chi connectivity index (χ1v) is 12.7. The van der Waals surface area contributed by atoms with Crippen LogP contribution in [0, 0.1) is 11.3 Å². The van der Waals surface area contributed by atoms with Crippen LogP contribution in [0.2, 0.25) is 0 Å². The summed E-state index contributed by atoms with van der Waals surface area (Å²) >= 11 is 1.55. The van der Waals surface area contributed by atoms with Gasteiger partial charge in [-0.2, -0.15) is 5.26 Å². The van der Waals surface area contributed by atoms with Gasteiger partial charge in [0, 0.05) is 36.9 Å². The average molecular weight is 514 g/mol. The maximum absolute atomic E-state index is 13.2. The highest BCUT2D eigenvalue weighted by atomic mass is 35.5. The van der Waals surface area contributed by atoms with Gasteiger partial charge in [0.05, 0.1) is 5.56 Å². The van der Waals surface area contributed by atoms with Crippen LogP contribution in [0.1, 0.15) is 45.0 Å². The minimum atomic E-state index is -0.0704. The monoisotopic (exact) mass is 513 g/mol. The number of thiophene rings is 1. The Labute approximate surface area is 222 Å². The molecule has 0 aliphatic carbocycles. The van der Waals surface area contributed by atoms with Gasteiger partial charge in [-0.25, -0.2) is 0 Å². The van der Waals surface area contributed by atoms with Crippen molar-refractivity contribution in [3.8, 4) is 6.07 Å². The van der Waals surface area contributed by atoms with E-state index in [1.54, 1.807) is 11.3 Å². The minimum absolute atomic E-state index is 0. The van der Waals surface area contributed by atoms with E-state index >= 15 is 0 Å². The lowest BCUT2D eigenvalue weighted by atomic mass is 9.88. The number of benzene rings is 3. The Balaban J connectivity index is 0.00000304. The SMILES string of the molecule is Cl.N#Cc1c(NC(=O)CC(c2ccccc2)c2ccccc2)sc2c1CCN(Cc1ccccc1)C2. The lowest BCUT2D eigenvalue weighted by molar-refractivity contribution is -0.116. The quantitative estimate of drug-likeness (QED) is 0.297. The van der Waals surface area contributed by atoms with Crippen LogP contribution < -0.4 is 5.32 Å². The Morgan fingerprint density at radius 1 is 0.944 bits per heavy atom. The molecule has 0 atom stereocenters. The smallest absolute Gasteiger partial charge is 0.225 e. The topological polar surface area (TPSA) is 56.1 Å². The molecule has 36 heavy (non-hydrogen) atoms. The second-order valence-electron chi connectivity index (χ2n) is 8.89. The van der Waals surface area contributed by atoms with Gasteiger partial charge in [0.2, 0.25) is 5.91 Å². The first kappa shape index (κ1) is 25.7. The summed E-state index contributed by atoms with van der Waals surface area (Å²) in [5, 5.41) is 13.7. The van der Waals surface area contributed by atoms with Gasteiger partial charge >= 0.3 is 0 Å². The van der Waals surface area contributed by atoms with E-state index in [4.69, 9.17) is 0 Å². The van der Waals surface area contributed by atoms with Gasteiger partial charge in [-0.3, -0.25) is 9.69 Å². The van der Waals surface area contributed by atoms with Crippen molar-refractivity contribution in [1.82, 2.24) is 4.90 Å². The minimum Gasteiger partial charge on any atom is -0.317 e. The number of amides is 1. The number of nitrogens with one attached hydrogen (secondary N) is 1. The van der Waals surface area contributed by atoms with Crippen LogP contribution in [0.15, 0.2) is 91.0 Å². The van der Waals surface area contributed by atoms with Gasteiger partial charge in [0.15, 0.2) is 0 Å². The number of hydrogen-bond donors (Lipinski definition) is 1. The van der Waals surface area contributed by atoms with E-state index in [1.165, 1.54) is 10.4 Å². The molecule has 182 valence electrons. The van der Waals surface area contributed by atoms with Crippen molar-refractivity contribution in [2.45, 2.75) is 31.8 Å². The van der Waals surface area contributed by atoms with Crippen molar-refractivity contribution in [2.75, 3.05) is 11.9 Å². The number of halogens is 1. The fourth-order valence-corrected chi connectivity index (χ4v) is 6.06. The molecule has 5 rings (SSSR count). The summed E-state index contributed by atoms with van der Waals surface area (Å²) in [5.74, 6) is -0.113. The normalized spacial score (nSPS) is 12.9. The number of fused-ring (bicyclic) bond motifs is 1. The van der Waals surface area contributed by atoms with Crippen LogP contribution in [0.25, 0.3) is 0 Å². The van der Waals surface area contributed by atoms with Gasteiger partial charge in [0.1, 0.15) is 11.1 Å². The van der Waals surface area contributed by atoms with Gasteiger partial charge in [-0.1, -0.05) is 91.0 Å². The molecular formula is C30H28ClN3OS. The highest BCUT2D eigenvalue weighted by molar-refractivity contribution is 7.16. The molecule has 0 unspecified atom stereocenters. The van der Waals surface area contributed by atoms with Crippen LogP contribution in [-0.2, 0) is 24.3 Å². The summed E-state index contributed by atoms with van der Waals surface area (Å²) in [6.07, 6.45) is 1.15. The molecule has 1 N–H and O–H groups in total. The molecule has 0 bridgehead atoms. The largest absolute Gasteiger partial charge is 0.317 e. The van der Waals surface area contributed by atoms with Gasteiger partial charge in [0.25, 0.3) is 0 Å². The van der Waals surface area contributed by atoms with E-state index < -0.39 is 0 Å². The van der Waals surface area contributed by atoms with Crippen LogP contribution in [0.5, 0.6) is 0 Å². The van der Waals surface area contributed by atoms with Crippen LogP contribution in [-0.4, -0.2) is 17.4 Å². The molecule has 1 aliphatic heterocycles. The molecule has 4 aromatic rings. The summed E-state index contributed by atoms with van der Waals surface area (Å²) in [4.78, 5) is 16.8. The zero-order chi connectivity index (χ0) is 24.0. The zero-order valence-corrected chi connectivity index (χ0v) is 21.5. The molecule has 0 spiro atoms. The first-order valence-electron chi connectivity index (χ1n) is 11.9. The molecule has 6 heteroatoms. The fraction of sp³-hybridized carbons (Fsp3) is 0.200. The first-order chi connectivity index (χ1) is 17.2. The number of hydrogen-bond acceptors (Lipinski definition) is 4. The molecular weight excluding hydrogens is 486 g/mol. The predicted molar refractivity (Wildman–Crippen MR) is 149 cm³/mol. The van der Waals surface area contributed by atoms with E-state index in [2.05, 4.69) is 64.8 Å². The summed E-state index contributed by atoms with van der Waals surface area (Å²) < 4.78 is 0. The Morgan fingerprint density at radius 3 is 2.11 bits per heavy atom. The van der Waals surface area contributed by atoms with Gasteiger partial charge in [-0.15, -0.1) is 23.7 Å². The van der Waals surface area contributed by atoms with Crippen molar-refractivity contribution in [3.63, 3.8) is 0 Å².